The van der Waals surface area contributed by atoms with E-state index in [1.54, 1.807) is 6.07 Å². The number of carbonyl (C=O) groups excluding carboxylic acids is 1. The summed E-state index contributed by atoms with van der Waals surface area (Å²) in [6.45, 7) is 4.82. The molecule has 1 amide bonds. The van der Waals surface area contributed by atoms with Gasteiger partial charge in [-0.25, -0.2) is 4.68 Å². The number of rotatable bonds is 7. The van der Waals surface area contributed by atoms with Gasteiger partial charge < -0.3 is 20.1 Å². The van der Waals surface area contributed by atoms with Crippen LogP contribution in [-0.4, -0.2) is 62.5 Å². The van der Waals surface area contributed by atoms with Crippen LogP contribution in [0.15, 0.2) is 72.8 Å². The molecule has 0 unspecified atom stereocenters. The number of piperidine rings is 1. The van der Waals surface area contributed by atoms with Crippen LogP contribution in [0.4, 0.5) is 24.8 Å². The Hall–Kier alpha value is -4.45. The summed E-state index contributed by atoms with van der Waals surface area (Å²) in [7, 11) is 0. The van der Waals surface area contributed by atoms with E-state index in [1.165, 1.54) is 4.68 Å². The molecule has 1 saturated heterocycles. The Morgan fingerprint density at radius 2 is 1.55 bits per heavy atom. The standard InChI is InChI=1S/C32H33F3N6O3/c1-19(2)44-24-14-13-23(37-38-24)40-17-15-20(16-18-40)27-25-26(32(33,34)35)29(42)31(43)36-30(25)41(39-27)28(21-9-5-3-6-10-21)22-11-7-4-8-12-22/h3-14,19-20,26,28-29,42H,15-18H2,1-2H3,(H,36,43)/t26-,29-/m0/s1. The minimum absolute atomic E-state index is 0.0376. The lowest BCUT2D eigenvalue weighted by molar-refractivity contribution is -0.177. The molecule has 44 heavy (non-hydrogen) atoms. The van der Waals surface area contributed by atoms with E-state index in [9.17, 15) is 23.1 Å². The van der Waals surface area contributed by atoms with Gasteiger partial charge in [-0.15, -0.1) is 10.2 Å². The molecule has 0 saturated carbocycles. The van der Waals surface area contributed by atoms with Crippen molar-refractivity contribution in [1.82, 2.24) is 20.0 Å². The maximum atomic E-state index is 14.6. The van der Waals surface area contributed by atoms with E-state index < -0.39 is 30.1 Å². The summed E-state index contributed by atoms with van der Waals surface area (Å²) in [5, 5.41) is 26.5. The van der Waals surface area contributed by atoms with Crippen LogP contribution in [0, 0.1) is 0 Å². The molecule has 2 aromatic carbocycles. The Kier molecular flexibility index (Phi) is 8.02. The second kappa shape index (κ2) is 11.9. The second-order valence-electron chi connectivity index (χ2n) is 11.4. The molecule has 6 rings (SSSR count). The molecule has 2 aliphatic heterocycles. The molecule has 230 valence electrons. The quantitative estimate of drug-likeness (QED) is 0.289. The highest BCUT2D eigenvalue weighted by atomic mass is 19.4. The highest BCUT2D eigenvalue weighted by Crippen LogP contribution is 2.49. The number of aliphatic hydroxyl groups excluding tert-OH is 1. The first-order valence-corrected chi connectivity index (χ1v) is 14.6. The number of fused-ring (bicyclic) bond motifs is 1. The van der Waals surface area contributed by atoms with Crippen molar-refractivity contribution in [2.75, 3.05) is 23.3 Å². The van der Waals surface area contributed by atoms with E-state index in [-0.39, 0.29) is 29.1 Å². The zero-order valence-electron chi connectivity index (χ0n) is 24.3. The summed E-state index contributed by atoms with van der Waals surface area (Å²) in [6, 6.07) is 21.6. The number of hydrogen-bond acceptors (Lipinski definition) is 7. The fraction of sp³-hybridized carbons (Fsp3) is 0.375. The lowest BCUT2D eigenvalue weighted by atomic mass is 9.82. The Morgan fingerprint density at radius 3 is 2.07 bits per heavy atom. The number of benzene rings is 2. The fourth-order valence-corrected chi connectivity index (χ4v) is 6.14. The Balaban J connectivity index is 1.40. The monoisotopic (exact) mass is 606 g/mol. The maximum absolute atomic E-state index is 14.6. The summed E-state index contributed by atoms with van der Waals surface area (Å²) in [5.74, 6) is -2.83. The molecule has 1 fully saturated rings. The zero-order chi connectivity index (χ0) is 31.0. The molecular formula is C32H33F3N6O3. The van der Waals surface area contributed by atoms with Gasteiger partial charge in [0.15, 0.2) is 5.82 Å². The van der Waals surface area contributed by atoms with Crippen molar-refractivity contribution in [3.8, 4) is 5.88 Å². The minimum atomic E-state index is -4.88. The third-order valence-electron chi connectivity index (χ3n) is 8.13. The predicted molar refractivity (Wildman–Crippen MR) is 158 cm³/mol. The topological polar surface area (TPSA) is 105 Å². The smallest absolute Gasteiger partial charge is 0.398 e. The van der Waals surface area contributed by atoms with Crippen LogP contribution >= 0.6 is 0 Å². The van der Waals surface area contributed by atoms with Crippen LogP contribution in [0.3, 0.4) is 0 Å². The van der Waals surface area contributed by atoms with Crippen molar-refractivity contribution >= 4 is 17.5 Å². The average Bonchev–Trinajstić information content (AvgIpc) is 3.36. The van der Waals surface area contributed by atoms with Gasteiger partial charge >= 0.3 is 6.18 Å². The SMILES string of the molecule is CC(C)Oc1ccc(N2CCC(c3nn(C(c4ccccc4)c4ccccc4)c4c3[C@H](C(F)(F)F)[C@H](O)C(=O)N4)CC2)nn1. The van der Waals surface area contributed by atoms with E-state index >= 15 is 0 Å². The van der Waals surface area contributed by atoms with Gasteiger partial charge in [-0.2, -0.15) is 18.3 Å². The first kappa shape index (κ1) is 29.6. The van der Waals surface area contributed by atoms with Gasteiger partial charge in [-0.1, -0.05) is 60.7 Å². The molecule has 2 atom stereocenters. The summed E-state index contributed by atoms with van der Waals surface area (Å²) in [6.07, 6.45) is -6.22. The highest BCUT2D eigenvalue weighted by Gasteiger charge is 2.55. The number of nitrogens with one attached hydrogen (secondary N) is 1. The molecule has 12 heteroatoms. The van der Waals surface area contributed by atoms with Crippen LogP contribution in [0.5, 0.6) is 5.88 Å². The van der Waals surface area contributed by atoms with Crippen molar-refractivity contribution in [1.29, 1.82) is 0 Å². The van der Waals surface area contributed by atoms with Crippen LogP contribution < -0.4 is 15.0 Å². The maximum Gasteiger partial charge on any atom is 0.398 e. The van der Waals surface area contributed by atoms with E-state index in [0.717, 1.165) is 11.1 Å². The van der Waals surface area contributed by atoms with Crippen molar-refractivity contribution in [3.05, 3.63) is 95.2 Å². The molecule has 2 aliphatic rings. The number of ether oxygens (including phenoxy) is 1. The minimum Gasteiger partial charge on any atom is -0.474 e. The van der Waals surface area contributed by atoms with Gasteiger partial charge in [0.25, 0.3) is 5.91 Å². The van der Waals surface area contributed by atoms with Crippen molar-refractivity contribution in [3.63, 3.8) is 0 Å². The number of aliphatic hydroxyl groups is 1. The molecule has 0 bridgehead atoms. The van der Waals surface area contributed by atoms with Gasteiger partial charge in [0.2, 0.25) is 5.88 Å². The third kappa shape index (κ3) is 5.73. The first-order chi connectivity index (χ1) is 21.1. The molecule has 0 spiro atoms. The second-order valence-corrected chi connectivity index (χ2v) is 11.4. The number of anilines is 2. The van der Waals surface area contributed by atoms with Crippen LogP contribution in [0.2, 0.25) is 0 Å². The fourth-order valence-electron chi connectivity index (χ4n) is 6.14. The normalized spacial score (nSPS) is 19.3. The summed E-state index contributed by atoms with van der Waals surface area (Å²) < 4.78 is 51.0. The first-order valence-electron chi connectivity index (χ1n) is 14.6. The number of hydrogen-bond donors (Lipinski definition) is 2. The van der Waals surface area contributed by atoms with E-state index in [0.29, 0.717) is 37.6 Å². The van der Waals surface area contributed by atoms with E-state index in [2.05, 4.69) is 15.5 Å². The lowest BCUT2D eigenvalue weighted by Gasteiger charge is -2.34. The van der Waals surface area contributed by atoms with Crippen molar-refractivity contribution in [2.45, 2.75) is 63.0 Å². The van der Waals surface area contributed by atoms with E-state index in [1.807, 2.05) is 85.5 Å². The number of carbonyl (C=O) groups is 1. The zero-order valence-corrected chi connectivity index (χ0v) is 24.3. The predicted octanol–water partition coefficient (Wildman–Crippen LogP) is 5.44. The number of alkyl halides is 3. The number of nitrogens with zero attached hydrogens (tertiary/aromatic N) is 5. The molecule has 9 nitrogen and oxygen atoms in total. The number of aromatic nitrogens is 4. The van der Waals surface area contributed by atoms with Crippen LogP contribution in [0.1, 0.15) is 67.0 Å². The highest BCUT2D eigenvalue weighted by molar-refractivity contribution is 5.97. The summed E-state index contributed by atoms with van der Waals surface area (Å²) in [5.41, 5.74) is 1.65. The van der Waals surface area contributed by atoms with Gasteiger partial charge in [0, 0.05) is 30.6 Å². The van der Waals surface area contributed by atoms with Crippen LogP contribution in [0.25, 0.3) is 0 Å². The number of halogens is 3. The molecule has 4 heterocycles. The van der Waals surface area contributed by atoms with Gasteiger partial charge in [0.05, 0.1) is 11.8 Å². The molecule has 2 aromatic heterocycles. The Bertz CT molecular complexity index is 1550. The molecule has 0 aliphatic carbocycles. The molecule has 0 radical (unpaired) electrons. The summed E-state index contributed by atoms with van der Waals surface area (Å²) in [4.78, 5) is 14.8. The van der Waals surface area contributed by atoms with Gasteiger partial charge in [0.1, 0.15) is 23.9 Å². The largest absolute Gasteiger partial charge is 0.474 e. The summed E-state index contributed by atoms with van der Waals surface area (Å²) >= 11 is 0. The van der Waals surface area contributed by atoms with Gasteiger partial charge in [-0.3, -0.25) is 4.79 Å². The van der Waals surface area contributed by atoms with Crippen molar-refractivity contribution in [2.24, 2.45) is 0 Å². The van der Waals surface area contributed by atoms with E-state index in [4.69, 9.17) is 9.84 Å². The average molecular weight is 607 g/mol. The van der Waals surface area contributed by atoms with Crippen LogP contribution in [-0.2, 0) is 4.79 Å². The Morgan fingerprint density at radius 1 is 0.932 bits per heavy atom. The molecule has 4 aromatic rings. The number of amides is 1. The molecule has 2 N–H and O–H groups in total. The Labute approximate surface area is 252 Å². The van der Waals surface area contributed by atoms with Crippen molar-refractivity contribution < 1.29 is 27.8 Å². The molecular weight excluding hydrogens is 573 g/mol. The third-order valence-corrected chi connectivity index (χ3v) is 8.13. The lowest BCUT2D eigenvalue weighted by Crippen LogP contribution is -2.45. The van der Waals surface area contributed by atoms with Gasteiger partial charge in [-0.05, 0) is 43.9 Å².